The fourth-order valence-corrected chi connectivity index (χ4v) is 3.42. The van der Waals surface area contributed by atoms with Crippen LogP contribution in [0.5, 0.6) is 0 Å². The van der Waals surface area contributed by atoms with Crippen LogP contribution in [0.25, 0.3) is 0 Å². The Balaban J connectivity index is 1.83. The molecule has 1 aromatic heterocycles. The summed E-state index contributed by atoms with van der Waals surface area (Å²) in [5.41, 5.74) is 6.21. The Bertz CT molecular complexity index is 787. The lowest BCUT2D eigenvalue weighted by Gasteiger charge is -2.12. The SMILES string of the molecule is CC(Sc1nnc(C2CC2)n1CC(N)=O)c1cccc([N+](=O)[O-])c1. The summed E-state index contributed by atoms with van der Waals surface area (Å²) >= 11 is 1.41. The second-order valence-electron chi connectivity index (χ2n) is 5.78. The van der Waals surface area contributed by atoms with Crippen LogP contribution in [-0.2, 0) is 11.3 Å². The number of nitro benzene ring substituents is 1. The molecular formula is C15H17N5O3S. The average Bonchev–Trinajstić information content (AvgIpc) is 3.31. The molecule has 1 atom stereocenters. The van der Waals surface area contributed by atoms with Gasteiger partial charge in [-0.1, -0.05) is 23.9 Å². The number of hydrogen-bond acceptors (Lipinski definition) is 6. The van der Waals surface area contributed by atoms with E-state index in [9.17, 15) is 14.9 Å². The first-order valence-electron chi connectivity index (χ1n) is 7.58. The molecule has 1 unspecified atom stereocenters. The number of nitrogens with two attached hydrogens (primary N) is 1. The van der Waals surface area contributed by atoms with Gasteiger partial charge in [-0.15, -0.1) is 10.2 Å². The van der Waals surface area contributed by atoms with Crippen LogP contribution in [0.2, 0.25) is 0 Å². The summed E-state index contributed by atoms with van der Waals surface area (Å²) in [6.07, 6.45) is 2.09. The van der Waals surface area contributed by atoms with Crippen molar-refractivity contribution < 1.29 is 9.72 Å². The van der Waals surface area contributed by atoms with E-state index in [0.29, 0.717) is 11.1 Å². The van der Waals surface area contributed by atoms with Gasteiger partial charge in [0.1, 0.15) is 12.4 Å². The lowest BCUT2D eigenvalue weighted by molar-refractivity contribution is -0.384. The van der Waals surface area contributed by atoms with Crippen molar-refractivity contribution in [2.75, 3.05) is 0 Å². The van der Waals surface area contributed by atoms with Crippen molar-refractivity contribution in [3.05, 3.63) is 45.8 Å². The molecule has 2 N–H and O–H groups in total. The first-order chi connectivity index (χ1) is 11.5. The fourth-order valence-electron chi connectivity index (χ4n) is 2.45. The minimum absolute atomic E-state index is 0.0445. The number of non-ortho nitro benzene ring substituents is 1. The van der Waals surface area contributed by atoms with Crippen LogP contribution in [0.4, 0.5) is 5.69 Å². The molecule has 3 rings (SSSR count). The zero-order valence-corrected chi connectivity index (χ0v) is 13.9. The number of primary amides is 1. The summed E-state index contributed by atoms with van der Waals surface area (Å²) < 4.78 is 1.76. The molecule has 0 radical (unpaired) electrons. The van der Waals surface area contributed by atoms with Crippen molar-refractivity contribution in [1.29, 1.82) is 0 Å². The Hall–Kier alpha value is -2.42. The molecule has 1 fully saturated rings. The van der Waals surface area contributed by atoms with Crippen LogP contribution in [0, 0.1) is 10.1 Å². The molecule has 1 amide bonds. The third kappa shape index (κ3) is 3.56. The standard InChI is InChI=1S/C15H17N5O3S/c1-9(11-3-2-4-12(7-11)20(22)23)24-15-18-17-14(10-5-6-10)19(15)8-13(16)21/h2-4,7,9-10H,5-6,8H2,1H3,(H2,16,21). The lowest BCUT2D eigenvalue weighted by Crippen LogP contribution is -2.20. The van der Waals surface area contributed by atoms with Gasteiger partial charge in [0.2, 0.25) is 5.91 Å². The van der Waals surface area contributed by atoms with Gasteiger partial charge in [-0.25, -0.2) is 0 Å². The number of amides is 1. The van der Waals surface area contributed by atoms with Crippen molar-refractivity contribution in [2.45, 2.75) is 42.6 Å². The molecule has 9 heteroatoms. The average molecular weight is 347 g/mol. The number of carbonyl (C=O) groups is 1. The maximum Gasteiger partial charge on any atom is 0.269 e. The van der Waals surface area contributed by atoms with Crippen molar-refractivity contribution in [3.63, 3.8) is 0 Å². The van der Waals surface area contributed by atoms with E-state index in [-0.39, 0.29) is 17.5 Å². The Labute approximate surface area is 142 Å². The highest BCUT2D eigenvalue weighted by molar-refractivity contribution is 7.99. The van der Waals surface area contributed by atoms with E-state index in [1.807, 2.05) is 13.0 Å². The van der Waals surface area contributed by atoms with Gasteiger partial charge >= 0.3 is 0 Å². The van der Waals surface area contributed by atoms with Crippen LogP contribution in [0.1, 0.15) is 42.3 Å². The van der Waals surface area contributed by atoms with Gasteiger partial charge in [0, 0.05) is 23.3 Å². The van der Waals surface area contributed by atoms with Crippen molar-refractivity contribution in [3.8, 4) is 0 Å². The number of hydrogen-bond donors (Lipinski definition) is 1. The highest BCUT2D eigenvalue weighted by atomic mass is 32.2. The first kappa shape index (κ1) is 16.4. The third-order valence-electron chi connectivity index (χ3n) is 3.83. The number of nitro groups is 1. The number of rotatable bonds is 7. The smallest absolute Gasteiger partial charge is 0.269 e. The highest BCUT2D eigenvalue weighted by Gasteiger charge is 2.31. The summed E-state index contributed by atoms with van der Waals surface area (Å²) in [6.45, 7) is 1.98. The van der Waals surface area contributed by atoms with Gasteiger partial charge < -0.3 is 5.73 Å². The predicted molar refractivity (Wildman–Crippen MR) is 88.6 cm³/mol. The molecule has 0 saturated heterocycles. The van der Waals surface area contributed by atoms with Crippen LogP contribution in [0.3, 0.4) is 0 Å². The number of thioether (sulfide) groups is 1. The molecule has 1 aromatic carbocycles. The maximum atomic E-state index is 11.4. The summed E-state index contributed by atoms with van der Waals surface area (Å²) in [7, 11) is 0. The molecule has 1 aliphatic carbocycles. The van der Waals surface area contributed by atoms with E-state index in [0.717, 1.165) is 24.2 Å². The molecule has 1 aliphatic rings. The monoisotopic (exact) mass is 347 g/mol. The van der Waals surface area contributed by atoms with E-state index in [1.165, 1.54) is 17.8 Å². The molecule has 0 aliphatic heterocycles. The van der Waals surface area contributed by atoms with E-state index in [2.05, 4.69) is 10.2 Å². The Kier molecular flexibility index (Phi) is 4.52. The van der Waals surface area contributed by atoms with Gasteiger partial charge in [-0.05, 0) is 25.3 Å². The van der Waals surface area contributed by atoms with Crippen LogP contribution in [-0.4, -0.2) is 25.6 Å². The number of benzene rings is 1. The predicted octanol–water partition coefficient (Wildman–Crippen LogP) is 2.40. The fraction of sp³-hybridized carbons (Fsp3) is 0.400. The van der Waals surface area contributed by atoms with Gasteiger partial charge in [-0.2, -0.15) is 0 Å². The molecule has 1 heterocycles. The van der Waals surface area contributed by atoms with Crippen molar-refractivity contribution >= 4 is 23.4 Å². The van der Waals surface area contributed by atoms with Crippen LogP contribution < -0.4 is 5.73 Å². The van der Waals surface area contributed by atoms with E-state index < -0.39 is 10.8 Å². The lowest BCUT2D eigenvalue weighted by atomic mass is 10.1. The molecule has 1 saturated carbocycles. The minimum Gasteiger partial charge on any atom is -0.368 e. The number of aromatic nitrogens is 3. The number of nitrogens with zero attached hydrogens (tertiary/aromatic N) is 4. The first-order valence-corrected chi connectivity index (χ1v) is 8.46. The van der Waals surface area contributed by atoms with Gasteiger partial charge in [0.05, 0.1) is 4.92 Å². The number of carbonyl (C=O) groups excluding carboxylic acids is 1. The summed E-state index contributed by atoms with van der Waals surface area (Å²) in [4.78, 5) is 21.9. The van der Waals surface area contributed by atoms with Crippen LogP contribution >= 0.6 is 11.8 Å². The minimum atomic E-state index is -0.443. The zero-order chi connectivity index (χ0) is 17.3. The van der Waals surface area contributed by atoms with Crippen molar-refractivity contribution in [2.24, 2.45) is 5.73 Å². The van der Waals surface area contributed by atoms with E-state index in [4.69, 9.17) is 5.73 Å². The molecule has 8 nitrogen and oxygen atoms in total. The Morgan fingerprint density at radius 3 is 2.88 bits per heavy atom. The molecule has 0 bridgehead atoms. The second-order valence-corrected chi connectivity index (χ2v) is 7.09. The van der Waals surface area contributed by atoms with Gasteiger partial charge in [0.15, 0.2) is 5.16 Å². The van der Waals surface area contributed by atoms with E-state index in [1.54, 1.807) is 16.7 Å². The summed E-state index contributed by atoms with van der Waals surface area (Å²) in [5.74, 6) is 0.698. The van der Waals surface area contributed by atoms with Gasteiger partial charge in [0.25, 0.3) is 5.69 Å². The largest absolute Gasteiger partial charge is 0.368 e. The summed E-state index contributed by atoms with van der Waals surface area (Å²) in [6, 6.07) is 6.51. The third-order valence-corrected chi connectivity index (χ3v) is 4.97. The van der Waals surface area contributed by atoms with E-state index >= 15 is 0 Å². The molecule has 24 heavy (non-hydrogen) atoms. The molecule has 2 aromatic rings. The normalized spacial score (nSPS) is 15.2. The topological polar surface area (TPSA) is 117 Å². The highest BCUT2D eigenvalue weighted by Crippen LogP contribution is 2.41. The Morgan fingerprint density at radius 2 is 2.25 bits per heavy atom. The Morgan fingerprint density at radius 1 is 1.50 bits per heavy atom. The molecule has 0 spiro atoms. The maximum absolute atomic E-state index is 11.4. The molecule has 126 valence electrons. The van der Waals surface area contributed by atoms with Crippen molar-refractivity contribution in [1.82, 2.24) is 14.8 Å². The second kappa shape index (κ2) is 6.60. The van der Waals surface area contributed by atoms with Crippen LogP contribution in [0.15, 0.2) is 29.4 Å². The quantitative estimate of drug-likeness (QED) is 0.467. The summed E-state index contributed by atoms with van der Waals surface area (Å²) in [5, 5.41) is 19.8. The van der Waals surface area contributed by atoms with Gasteiger partial charge in [-0.3, -0.25) is 19.5 Å². The zero-order valence-electron chi connectivity index (χ0n) is 13.1. The molecular weight excluding hydrogens is 330 g/mol.